The molecule has 0 aliphatic heterocycles. The summed E-state index contributed by atoms with van der Waals surface area (Å²) in [5.74, 6) is 2.04. The van der Waals surface area contributed by atoms with E-state index in [0.29, 0.717) is 0 Å². The van der Waals surface area contributed by atoms with Gasteiger partial charge in [0.2, 0.25) is 0 Å². The fourth-order valence-electron chi connectivity index (χ4n) is 0.797. The Kier molecular flexibility index (Phi) is 4.83. The minimum Gasteiger partial charge on any atom is -0.492 e. The van der Waals surface area contributed by atoms with Crippen molar-refractivity contribution in [1.82, 2.24) is 0 Å². The third kappa shape index (κ3) is 3.23. The van der Waals surface area contributed by atoms with Crippen molar-refractivity contribution >= 4 is 34.4 Å². The highest BCUT2D eigenvalue weighted by molar-refractivity contribution is 14.1. The number of halogens is 1. The summed E-state index contributed by atoms with van der Waals surface area (Å²) < 4.78 is 6.73. The van der Waals surface area contributed by atoms with Crippen LogP contribution >= 0.6 is 34.4 Å². The molecule has 1 nitrogen and oxygen atoms in total. The summed E-state index contributed by atoms with van der Waals surface area (Å²) in [6.07, 6.45) is 2.08. The maximum Gasteiger partial charge on any atom is 0.132 e. The lowest BCUT2D eigenvalue weighted by Gasteiger charge is -2.05. The van der Waals surface area contributed by atoms with Gasteiger partial charge in [-0.25, -0.2) is 0 Å². The third-order valence-electron chi connectivity index (χ3n) is 1.38. The quantitative estimate of drug-likeness (QED) is 0.623. The molecule has 0 N–H and O–H groups in total. The van der Waals surface area contributed by atoms with E-state index in [4.69, 9.17) is 4.74 Å². The molecule has 0 unspecified atom stereocenters. The Hall–Kier alpha value is 0.100. The fourth-order valence-corrected chi connectivity index (χ4v) is 1.59. The number of rotatable bonds is 4. The first-order valence-electron chi connectivity index (χ1n) is 3.71. The largest absolute Gasteiger partial charge is 0.492 e. The van der Waals surface area contributed by atoms with Crippen molar-refractivity contribution in [3.8, 4) is 5.75 Å². The molecule has 1 aromatic carbocycles. The molecule has 12 heavy (non-hydrogen) atoms. The zero-order chi connectivity index (χ0) is 8.81. The number of ether oxygens (including phenoxy) is 1. The predicted molar refractivity (Wildman–Crippen MR) is 63.0 cm³/mol. The second-order valence-corrected chi connectivity index (χ2v) is 4.42. The zero-order valence-electron chi connectivity index (χ0n) is 6.92. The lowest BCUT2D eigenvalue weighted by Crippen LogP contribution is -2.00. The van der Waals surface area contributed by atoms with Crippen LogP contribution in [0.4, 0.5) is 0 Å². The van der Waals surface area contributed by atoms with Crippen molar-refractivity contribution in [1.29, 1.82) is 0 Å². The van der Waals surface area contributed by atoms with Crippen molar-refractivity contribution in [3.05, 3.63) is 27.8 Å². The van der Waals surface area contributed by atoms with Crippen LogP contribution in [0.15, 0.2) is 24.3 Å². The van der Waals surface area contributed by atoms with Crippen molar-refractivity contribution < 1.29 is 4.74 Å². The Morgan fingerprint density at radius 1 is 1.42 bits per heavy atom. The van der Waals surface area contributed by atoms with E-state index in [1.165, 1.54) is 3.57 Å². The average molecular weight is 294 g/mol. The lowest BCUT2D eigenvalue weighted by atomic mass is 10.3. The molecule has 0 atom stereocenters. The monoisotopic (exact) mass is 294 g/mol. The van der Waals surface area contributed by atoms with E-state index in [1.54, 1.807) is 11.8 Å². The van der Waals surface area contributed by atoms with Gasteiger partial charge in [0.05, 0.1) is 10.2 Å². The van der Waals surface area contributed by atoms with Gasteiger partial charge in [-0.2, -0.15) is 11.8 Å². The molecule has 0 fully saturated rings. The van der Waals surface area contributed by atoms with Gasteiger partial charge in [-0.3, -0.25) is 0 Å². The van der Waals surface area contributed by atoms with Gasteiger partial charge in [-0.1, -0.05) is 12.1 Å². The molecule has 0 saturated carbocycles. The first-order valence-corrected chi connectivity index (χ1v) is 6.18. The Morgan fingerprint density at radius 2 is 2.17 bits per heavy atom. The van der Waals surface area contributed by atoms with Crippen LogP contribution < -0.4 is 4.74 Å². The SMILES string of the molecule is CSCCOc1ccccc1I. The predicted octanol–water partition coefficient (Wildman–Crippen LogP) is 3.03. The second-order valence-electron chi connectivity index (χ2n) is 2.27. The Bertz CT molecular complexity index is 240. The highest BCUT2D eigenvalue weighted by Gasteiger charge is 1.96. The van der Waals surface area contributed by atoms with Crippen LogP contribution in [0.3, 0.4) is 0 Å². The average Bonchev–Trinajstić information content (AvgIpc) is 2.09. The number of thioether (sulfide) groups is 1. The first kappa shape index (κ1) is 10.2. The normalized spacial score (nSPS) is 9.83. The molecule has 0 heterocycles. The van der Waals surface area contributed by atoms with E-state index in [0.717, 1.165) is 18.1 Å². The number of para-hydroxylation sites is 1. The Labute approximate surface area is 91.0 Å². The molecular formula is C9H11IOS. The molecule has 0 aliphatic carbocycles. The maximum atomic E-state index is 5.55. The summed E-state index contributed by atoms with van der Waals surface area (Å²) >= 11 is 4.08. The molecule has 66 valence electrons. The van der Waals surface area contributed by atoms with Gasteiger partial charge in [-0.15, -0.1) is 0 Å². The molecular weight excluding hydrogens is 283 g/mol. The van der Waals surface area contributed by atoms with E-state index in [2.05, 4.69) is 34.9 Å². The summed E-state index contributed by atoms with van der Waals surface area (Å²) in [6, 6.07) is 8.07. The number of hydrogen-bond donors (Lipinski definition) is 0. The van der Waals surface area contributed by atoms with E-state index in [9.17, 15) is 0 Å². The minimum atomic E-state index is 0.793. The molecule has 0 bridgehead atoms. The van der Waals surface area contributed by atoms with Crippen LogP contribution in [-0.4, -0.2) is 18.6 Å². The molecule has 0 aromatic heterocycles. The summed E-state index contributed by atoms with van der Waals surface area (Å²) in [4.78, 5) is 0. The van der Waals surface area contributed by atoms with E-state index >= 15 is 0 Å². The highest BCUT2D eigenvalue weighted by atomic mass is 127. The standard InChI is InChI=1S/C9H11IOS/c1-12-7-6-11-9-5-3-2-4-8(9)10/h2-5H,6-7H2,1H3. The smallest absolute Gasteiger partial charge is 0.132 e. The second kappa shape index (κ2) is 5.70. The molecule has 0 radical (unpaired) electrons. The van der Waals surface area contributed by atoms with Crippen molar-refractivity contribution in [2.75, 3.05) is 18.6 Å². The van der Waals surface area contributed by atoms with Crippen molar-refractivity contribution in [2.24, 2.45) is 0 Å². The molecule has 0 saturated heterocycles. The summed E-state index contributed by atoms with van der Waals surface area (Å²) in [7, 11) is 0. The summed E-state index contributed by atoms with van der Waals surface area (Å²) in [5, 5.41) is 0. The van der Waals surface area contributed by atoms with Gasteiger partial charge in [0.25, 0.3) is 0 Å². The number of hydrogen-bond acceptors (Lipinski definition) is 2. The topological polar surface area (TPSA) is 9.23 Å². The lowest BCUT2D eigenvalue weighted by molar-refractivity contribution is 0.341. The van der Waals surface area contributed by atoms with Crippen molar-refractivity contribution in [2.45, 2.75) is 0 Å². The maximum absolute atomic E-state index is 5.55. The van der Waals surface area contributed by atoms with Crippen LogP contribution in [0.5, 0.6) is 5.75 Å². The summed E-state index contributed by atoms with van der Waals surface area (Å²) in [5.41, 5.74) is 0. The third-order valence-corrected chi connectivity index (χ3v) is 2.85. The molecule has 0 aliphatic rings. The van der Waals surface area contributed by atoms with Crippen molar-refractivity contribution in [3.63, 3.8) is 0 Å². The first-order chi connectivity index (χ1) is 5.84. The fraction of sp³-hybridized carbons (Fsp3) is 0.333. The van der Waals surface area contributed by atoms with Gasteiger partial charge in [-0.05, 0) is 41.0 Å². The van der Waals surface area contributed by atoms with Gasteiger partial charge < -0.3 is 4.74 Å². The number of benzene rings is 1. The molecule has 1 aromatic rings. The van der Waals surface area contributed by atoms with Crippen LogP contribution in [0, 0.1) is 3.57 Å². The van der Waals surface area contributed by atoms with E-state index in [1.807, 2.05) is 18.2 Å². The zero-order valence-corrected chi connectivity index (χ0v) is 9.89. The Morgan fingerprint density at radius 3 is 2.83 bits per heavy atom. The molecule has 0 amide bonds. The minimum absolute atomic E-state index is 0.793. The van der Waals surface area contributed by atoms with Gasteiger partial charge in [0.1, 0.15) is 5.75 Å². The Balaban J connectivity index is 2.46. The van der Waals surface area contributed by atoms with E-state index < -0.39 is 0 Å². The van der Waals surface area contributed by atoms with Gasteiger partial charge in [0.15, 0.2) is 0 Å². The van der Waals surface area contributed by atoms with Crippen LogP contribution in [-0.2, 0) is 0 Å². The molecule has 3 heteroatoms. The molecule has 1 rings (SSSR count). The van der Waals surface area contributed by atoms with Crippen LogP contribution in [0.25, 0.3) is 0 Å². The summed E-state index contributed by atoms with van der Waals surface area (Å²) in [6.45, 7) is 0.793. The van der Waals surface area contributed by atoms with Gasteiger partial charge >= 0.3 is 0 Å². The van der Waals surface area contributed by atoms with Crippen LogP contribution in [0.2, 0.25) is 0 Å². The van der Waals surface area contributed by atoms with E-state index in [-0.39, 0.29) is 0 Å². The van der Waals surface area contributed by atoms with Crippen LogP contribution in [0.1, 0.15) is 0 Å². The van der Waals surface area contributed by atoms with Gasteiger partial charge in [0, 0.05) is 5.75 Å². The highest BCUT2D eigenvalue weighted by Crippen LogP contribution is 2.19. The molecule has 0 spiro atoms.